The van der Waals surface area contributed by atoms with Gasteiger partial charge in [-0.15, -0.1) is 0 Å². The molecule has 0 saturated heterocycles. The molecule has 1 spiro atoms. The predicted octanol–water partition coefficient (Wildman–Crippen LogP) is 7.08. The van der Waals surface area contributed by atoms with Crippen LogP contribution in [0.5, 0.6) is 0 Å². The van der Waals surface area contributed by atoms with Crippen LogP contribution in [0.1, 0.15) is 93.2 Å². The van der Waals surface area contributed by atoms with Gasteiger partial charge < -0.3 is 4.90 Å². The van der Waals surface area contributed by atoms with Crippen LogP contribution < -0.4 is 0 Å². The molecule has 186 valence electrons. The summed E-state index contributed by atoms with van der Waals surface area (Å²) in [5, 5.41) is 0. The molecular weight excluding hydrogens is 418 g/mol. The standard InChI is InChI=1S/C31H45NO2/c1-12-32(13-2)27(34)25-24(20-14-16-21(17-15-20)28(3,4)5)31(25)18-22(29(6,7)8)26(33)23(19-31)30(9,10)11/h14-19,24-25H,12-13H2,1-11H3/t24-,25+/m0/s1. The first-order valence-corrected chi connectivity index (χ1v) is 12.9. The Morgan fingerprint density at radius 3 is 1.59 bits per heavy atom. The summed E-state index contributed by atoms with van der Waals surface area (Å²) in [7, 11) is 0. The van der Waals surface area contributed by atoms with Crippen LogP contribution in [0, 0.1) is 22.2 Å². The van der Waals surface area contributed by atoms with E-state index in [0.29, 0.717) is 13.1 Å². The second-order valence-corrected chi connectivity index (χ2v) is 13.3. The zero-order valence-electron chi connectivity index (χ0n) is 23.3. The summed E-state index contributed by atoms with van der Waals surface area (Å²) in [4.78, 5) is 29.4. The first-order chi connectivity index (χ1) is 15.5. The molecule has 0 radical (unpaired) electrons. The summed E-state index contributed by atoms with van der Waals surface area (Å²) < 4.78 is 0. The molecule has 1 aromatic rings. The number of hydrogen-bond donors (Lipinski definition) is 0. The van der Waals surface area contributed by atoms with Crippen LogP contribution in [-0.2, 0) is 15.0 Å². The minimum absolute atomic E-state index is 0.0393. The van der Waals surface area contributed by atoms with Gasteiger partial charge in [-0.1, -0.05) is 98.7 Å². The molecule has 0 aliphatic heterocycles. The van der Waals surface area contributed by atoms with Crippen molar-refractivity contribution in [2.24, 2.45) is 22.2 Å². The Balaban J connectivity index is 2.23. The van der Waals surface area contributed by atoms with E-state index in [9.17, 15) is 9.59 Å². The topological polar surface area (TPSA) is 37.4 Å². The smallest absolute Gasteiger partial charge is 0.227 e. The monoisotopic (exact) mass is 463 g/mol. The Bertz CT molecular complexity index is 981. The van der Waals surface area contributed by atoms with Crippen molar-refractivity contribution >= 4 is 11.7 Å². The third-order valence-electron chi connectivity index (χ3n) is 7.67. The van der Waals surface area contributed by atoms with Gasteiger partial charge in [-0.3, -0.25) is 9.59 Å². The van der Waals surface area contributed by atoms with Crippen molar-refractivity contribution in [1.29, 1.82) is 0 Å². The summed E-state index contributed by atoms with van der Waals surface area (Å²) in [5.41, 5.74) is 3.18. The van der Waals surface area contributed by atoms with Gasteiger partial charge in [0.2, 0.25) is 5.91 Å². The summed E-state index contributed by atoms with van der Waals surface area (Å²) in [6.45, 7) is 24.8. The Kier molecular flexibility index (Phi) is 6.61. The van der Waals surface area contributed by atoms with Crippen molar-refractivity contribution in [3.8, 4) is 0 Å². The van der Waals surface area contributed by atoms with Crippen LogP contribution in [0.15, 0.2) is 47.6 Å². The SMILES string of the molecule is CCN(CC)C(=O)[C@H]1[C@H](c2ccc(C(C)(C)C)cc2)C12C=C(C(C)(C)C)C(=O)C(C(C)(C)C)=C2. The van der Waals surface area contributed by atoms with Gasteiger partial charge >= 0.3 is 0 Å². The van der Waals surface area contributed by atoms with Crippen LogP contribution in [-0.4, -0.2) is 29.7 Å². The molecule has 34 heavy (non-hydrogen) atoms. The molecule has 3 rings (SSSR count). The number of allylic oxidation sites excluding steroid dienone is 4. The van der Waals surface area contributed by atoms with Gasteiger partial charge in [-0.25, -0.2) is 0 Å². The zero-order chi connectivity index (χ0) is 25.9. The number of nitrogens with zero attached hydrogens (tertiary/aromatic N) is 1. The van der Waals surface area contributed by atoms with Crippen LogP contribution >= 0.6 is 0 Å². The number of amides is 1. The Morgan fingerprint density at radius 2 is 1.24 bits per heavy atom. The number of Topliss-reactive ketones (excluding diaryl/α,β-unsaturated/α-hetero) is 1. The minimum atomic E-state index is -0.456. The minimum Gasteiger partial charge on any atom is -0.343 e. The van der Waals surface area contributed by atoms with Gasteiger partial charge in [0.15, 0.2) is 5.78 Å². The molecular formula is C31H45NO2. The molecule has 0 heterocycles. The third kappa shape index (κ3) is 4.55. The second kappa shape index (κ2) is 8.50. The lowest BCUT2D eigenvalue weighted by Gasteiger charge is -2.34. The van der Waals surface area contributed by atoms with E-state index in [4.69, 9.17) is 0 Å². The van der Waals surface area contributed by atoms with Crippen LogP contribution in [0.25, 0.3) is 0 Å². The van der Waals surface area contributed by atoms with E-state index >= 15 is 0 Å². The van der Waals surface area contributed by atoms with Gasteiger partial charge in [-0.2, -0.15) is 0 Å². The number of hydrogen-bond acceptors (Lipinski definition) is 2. The fraction of sp³-hybridized carbons (Fsp3) is 0.613. The number of rotatable bonds is 4. The largest absolute Gasteiger partial charge is 0.343 e. The van der Waals surface area contributed by atoms with Gasteiger partial charge in [0.1, 0.15) is 0 Å². The molecule has 3 heteroatoms. The highest BCUT2D eigenvalue weighted by Crippen LogP contribution is 2.70. The third-order valence-corrected chi connectivity index (χ3v) is 7.67. The highest BCUT2D eigenvalue weighted by atomic mass is 16.2. The Hall–Kier alpha value is -2.16. The maximum absolute atomic E-state index is 13.8. The average molecular weight is 464 g/mol. The maximum Gasteiger partial charge on any atom is 0.227 e. The van der Waals surface area contributed by atoms with E-state index in [0.717, 1.165) is 11.1 Å². The van der Waals surface area contributed by atoms with Crippen molar-refractivity contribution in [2.45, 2.75) is 87.5 Å². The molecule has 0 aromatic heterocycles. The zero-order valence-corrected chi connectivity index (χ0v) is 23.3. The molecule has 2 aliphatic carbocycles. The van der Waals surface area contributed by atoms with Crippen LogP contribution in [0.2, 0.25) is 0 Å². The fourth-order valence-electron chi connectivity index (χ4n) is 5.48. The maximum atomic E-state index is 13.8. The van der Waals surface area contributed by atoms with Crippen molar-refractivity contribution in [3.05, 3.63) is 58.7 Å². The first kappa shape index (κ1) is 26.4. The van der Waals surface area contributed by atoms with Crippen molar-refractivity contribution in [1.82, 2.24) is 4.90 Å². The molecule has 0 bridgehead atoms. The molecule has 0 N–H and O–H groups in total. The Morgan fingerprint density at radius 1 is 0.794 bits per heavy atom. The van der Waals surface area contributed by atoms with Gasteiger partial charge in [-0.05, 0) is 41.2 Å². The molecule has 1 saturated carbocycles. The summed E-state index contributed by atoms with van der Waals surface area (Å²) in [5.74, 6) is 0.180. The van der Waals surface area contributed by atoms with Crippen LogP contribution in [0.4, 0.5) is 0 Å². The van der Waals surface area contributed by atoms with Crippen LogP contribution in [0.3, 0.4) is 0 Å². The summed E-state index contributed by atoms with van der Waals surface area (Å²) >= 11 is 0. The van der Waals surface area contributed by atoms with E-state index in [1.807, 2.05) is 18.7 Å². The van der Waals surface area contributed by atoms with E-state index < -0.39 is 5.41 Å². The molecule has 1 fully saturated rings. The van der Waals surface area contributed by atoms with Crippen molar-refractivity contribution < 1.29 is 9.59 Å². The normalized spacial score (nSPS) is 22.4. The second-order valence-electron chi connectivity index (χ2n) is 13.3. The quantitative estimate of drug-likeness (QED) is 0.478. The molecule has 1 aromatic carbocycles. The lowest BCUT2D eigenvalue weighted by atomic mass is 9.69. The molecule has 0 unspecified atom stereocenters. The first-order valence-electron chi connectivity index (χ1n) is 12.9. The average Bonchev–Trinajstić information content (AvgIpc) is 3.35. The van der Waals surface area contributed by atoms with Gasteiger partial charge in [0.25, 0.3) is 0 Å². The number of carbonyl (C=O) groups is 2. The molecule has 1 amide bonds. The highest BCUT2D eigenvalue weighted by Gasteiger charge is 2.68. The van der Waals surface area contributed by atoms with Gasteiger partial charge in [0.05, 0.1) is 5.92 Å². The highest BCUT2D eigenvalue weighted by molar-refractivity contribution is 6.11. The summed E-state index contributed by atoms with van der Waals surface area (Å²) in [6, 6.07) is 8.82. The fourth-order valence-corrected chi connectivity index (χ4v) is 5.48. The Labute approximate surface area is 207 Å². The molecule has 3 nitrogen and oxygen atoms in total. The number of benzene rings is 1. The molecule has 2 atom stereocenters. The van der Waals surface area contributed by atoms with E-state index in [1.165, 1.54) is 11.1 Å². The predicted molar refractivity (Wildman–Crippen MR) is 142 cm³/mol. The van der Waals surface area contributed by atoms with E-state index in [1.54, 1.807) is 0 Å². The van der Waals surface area contributed by atoms with Crippen molar-refractivity contribution in [3.63, 3.8) is 0 Å². The number of carbonyl (C=O) groups excluding carboxylic acids is 2. The van der Waals surface area contributed by atoms with E-state index in [2.05, 4.69) is 98.7 Å². The molecule has 2 aliphatic rings. The lowest BCUT2D eigenvalue weighted by molar-refractivity contribution is -0.132. The van der Waals surface area contributed by atoms with E-state index in [-0.39, 0.29) is 39.8 Å². The van der Waals surface area contributed by atoms with Crippen molar-refractivity contribution in [2.75, 3.05) is 13.1 Å². The lowest BCUT2D eigenvalue weighted by Crippen LogP contribution is -2.35. The van der Waals surface area contributed by atoms with Gasteiger partial charge in [0, 0.05) is 35.6 Å². The summed E-state index contributed by atoms with van der Waals surface area (Å²) in [6.07, 6.45) is 4.33. The number of ketones is 1.